The van der Waals surface area contributed by atoms with E-state index in [0.29, 0.717) is 19.5 Å². The Bertz CT molecular complexity index is 309. The van der Waals surface area contributed by atoms with Gasteiger partial charge in [-0.3, -0.25) is 9.69 Å². The standard InChI is InChI=1S/C11H20N2O3/c1-10(2,3)11(4)8(14)12-6-5-7-13(11)9(15)16/h5-7H2,1-4H3,(H,12,14)(H,15,16)/t11-/m0/s1. The molecular weight excluding hydrogens is 208 g/mol. The van der Waals surface area contributed by atoms with Gasteiger partial charge in [-0.15, -0.1) is 0 Å². The molecule has 0 aliphatic carbocycles. The van der Waals surface area contributed by atoms with Crippen LogP contribution >= 0.6 is 0 Å². The lowest BCUT2D eigenvalue weighted by Gasteiger charge is -2.45. The third-order valence-electron chi connectivity index (χ3n) is 3.52. The van der Waals surface area contributed by atoms with Gasteiger partial charge in [0.15, 0.2) is 0 Å². The van der Waals surface area contributed by atoms with Crippen molar-refractivity contribution in [3.63, 3.8) is 0 Å². The first-order valence-corrected chi connectivity index (χ1v) is 5.50. The molecule has 1 heterocycles. The maximum absolute atomic E-state index is 12.1. The molecule has 1 aliphatic heterocycles. The van der Waals surface area contributed by atoms with Crippen molar-refractivity contribution in [3.8, 4) is 0 Å². The van der Waals surface area contributed by atoms with Crippen LogP contribution in [0.4, 0.5) is 4.79 Å². The summed E-state index contributed by atoms with van der Waals surface area (Å²) in [5.41, 5.74) is -1.46. The Labute approximate surface area is 95.8 Å². The molecule has 16 heavy (non-hydrogen) atoms. The number of amides is 2. The van der Waals surface area contributed by atoms with Crippen LogP contribution in [0.3, 0.4) is 0 Å². The number of carboxylic acid groups (broad SMARTS) is 1. The van der Waals surface area contributed by atoms with Gasteiger partial charge in [0.2, 0.25) is 5.91 Å². The van der Waals surface area contributed by atoms with Crippen LogP contribution in [0.1, 0.15) is 34.1 Å². The van der Waals surface area contributed by atoms with Gasteiger partial charge >= 0.3 is 6.09 Å². The van der Waals surface area contributed by atoms with Gasteiger partial charge < -0.3 is 10.4 Å². The van der Waals surface area contributed by atoms with Crippen LogP contribution in [0.15, 0.2) is 0 Å². The Morgan fingerprint density at radius 2 is 2.06 bits per heavy atom. The molecule has 0 unspecified atom stereocenters. The van der Waals surface area contributed by atoms with E-state index < -0.39 is 17.0 Å². The number of nitrogens with zero attached hydrogens (tertiary/aromatic N) is 1. The first kappa shape index (κ1) is 12.8. The smallest absolute Gasteiger partial charge is 0.408 e. The zero-order chi connectivity index (χ0) is 12.6. The maximum Gasteiger partial charge on any atom is 0.408 e. The molecule has 2 N–H and O–H groups in total. The van der Waals surface area contributed by atoms with Gasteiger partial charge in [0.1, 0.15) is 5.54 Å². The summed E-state index contributed by atoms with van der Waals surface area (Å²) in [4.78, 5) is 24.6. The fourth-order valence-corrected chi connectivity index (χ4v) is 1.99. The van der Waals surface area contributed by atoms with Crippen molar-refractivity contribution in [2.24, 2.45) is 5.41 Å². The second kappa shape index (κ2) is 3.96. The van der Waals surface area contributed by atoms with E-state index in [4.69, 9.17) is 0 Å². The molecule has 1 aliphatic rings. The van der Waals surface area contributed by atoms with Crippen LogP contribution < -0.4 is 5.32 Å². The van der Waals surface area contributed by atoms with Crippen molar-refractivity contribution >= 4 is 12.0 Å². The lowest BCUT2D eigenvalue weighted by atomic mass is 9.73. The Morgan fingerprint density at radius 3 is 2.50 bits per heavy atom. The Kier molecular flexibility index (Phi) is 3.17. The molecule has 0 spiro atoms. The normalized spacial score (nSPS) is 27.2. The molecule has 0 aromatic carbocycles. The van der Waals surface area contributed by atoms with E-state index >= 15 is 0 Å². The molecule has 0 aromatic rings. The molecule has 0 radical (unpaired) electrons. The quantitative estimate of drug-likeness (QED) is 0.656. The van der Waals surface area contributed by atoms with Crippen LogP contribution in [0, 0.1) is 5.41 Å². The SMILES string of the molecule is CC(C)(C)[C@]1(C)C(=O)NCCCN1C(=O)O. The van der Waals surface area contributed by atoms with Crippen molar-refractivity contribution in [1.82, 2.24) is 10.2 Å². The van der Waals surface area contributed by atoms with Crippen LogP contribution in [-0.2, 0) is 4.79 Å². The molecule has 0 saturated carbocycles. The first-order valence-electron chi connectivity index (χ1n) is 5.50. The van der Waals surface area contributed by atoms with Gasteiger partial charge in [-0.2, -0.15) is 0 Å². The zero-order valence-corrected chi connectivity index (χ0v) is 10.3. The first-order chi connectivity index (χ1) is 7.21. The van der Waals surface area contributed by atoms with Gasteiger partial charge in [-0.05, 0) is 18.8 Å². The molecule has 2 amide bonds. The van der Waals surface area contributed by atoms with Gasteiger partial charge in [0, 0.05) is 13.1 Å². The highest BCUT2D eigenvalue weighted by Crippen LogP contribution is 2.36. The number of nitrogens with one attached hydrogen (secondary N) is 1. The Balaban J connectivity index is 3.22. The molecule has 1 rings (SSSR count). The molecule has 0 aromatic heterocycles. The highest BCUT2D eigenvalue weighted by Gasteiger charge is 2.51. The van der Waals surface area contributed by atoms with Crippen molar-refractivity contribution in [2.45, 2.75) is 39.7 Å². The van der Waals surface area contributed by atoms with Crippen LogP contribution in [0.25, 0.3) is 0 Å². The van der Waals surface area contributed by atoms with Crippen LogP contribution in [-0.4, -0.2) is 40.6 Å². The van der Waals surface area contributed by atoms with Gasteiger partial charge in [-0.1, -0.05) is 20.8 Å². The van der Waals surface area contributed by atoms with Crippen molar-refractivity contribution in [3.05, 3.63) is 0 Å². The van der Waals surface area contributed by atoms with Gasteiger partial charge in [-0.25, -0.2) is 4.79 Å². The summed E-state index contributed by atoms with van der Waals surface area (Å²) in [6.45, 7) is 8.27. The average Bonchev–Trinajstić information content (AvgIpc) is 2.27. The van der Waals surface area contributed by atoms with Crippen molar-refractivity contribution in [2.75, 3.05) is 13.1 Å². The summed E-state index contributed by atoms with van der Waals surface area (Å²) in [5, 5.41) is 12.0. The zero-order valence-electron chi connectivity index (χ0n) is 10.3. The minimum Gasteiger partial charge on any atom is -0.465 e. The number of carbonyl (C=O) groups excluding carboxylic acids is 1. The third-order valence-corrected chi connectivity index (χ3v) is 3.52. The lowest BCUT2D eigenvalue weighted by Crippen LogP contribution is -2.63. The minimum absolute atomic E-state index is 0.208. The monoisotopic (exact) mass is 228 g/mol. The highest BCUT2D eigenvalue weighted by molar-refractivity contribution is 5.90. The van der Waals surface area contributed by atoms with E-state index in [-0.39, 0.29) is 5.91 Å². The summed E-state index contributed by atoms with van der Waals surface area (Å²) in [6, 6.07) is 0. The summed E-state index contributed by atoms with van der Waals surface area (Å²) in [6.07, 6.45) is -0.376. The Hall–Kier alpha value is -1.26. The predicted octanol–water partition coefficient (Wildman–Crippen LogP) is 1.29. The summed E-state index contributed by atoms with van der Waals surface area (Å²) in [7, 11) is 0. The predicted molar refractivity (Wildman–Crippen MR) is 60.2 cm³/mol. The van der Waals surface area contributed by atoms with Gasteiger partial charge in [0.05, 0.1) is 0 Å². The van der Waals surface area contributed by atoms with Crippen molar-refractivity contribution < 1.29 is 14.7 Å². The Morgan fingerprint density at radius 1 is 1.50 bits per heavy atom. The third kappa shape index (κ3) is 1.86. The molecular formula is C11H20N2O3. The van der Waals surface area contributed by atoms with E-state index in [2.05, 4.69) is 5.32 Å². The molecule has 1 fully saturated rings. The summed E-state index contributed by atoms with van der Waals surface area (Å²) >= 11 is 0. The number of rotatable bonds is 0. The van der Waals surface area contributed by atoms with Crippen molar-refractivity contribution in [1.29, 1.82) is 0 Å². The highest BCUT2D eigenvalue weighted by atomic mass is 16.4. The molecule has 92 valence electrons. The topological polar surface area (TPSA) is 69.6 Å². The van der Waals surface area contributed by atoms with E-state index in [0.717, 1.165) is 0 Å². The number of hydrogen-bond acceptors (Lipinski definition) is 2. The van der Waals surface area contributed by atoms with Crippen LogP contribution in [0.2, 0.25) is 0 Å². The molecule has 5 nitrogen and oxygen atoms in total. The second-order valence-electron chi connectivity index (χ2n) is 5.37. The number of hydrogen-bond donors (Lipinski definition) is 2. The molecule has 1 saturated heterocycles. The van der Waals surface area contributed by atoms with E-state index in [9.17, 15) is 14.7 Å². The second-order valence-corrected chi connectivity index (χ2v) is 5.37. The molecule has 1 atom stereocenters. The number of carbonyl (C=O) groups is 2. The minimum atomic E-state index is -1.03. The van der Waals surface area contributed by atoms with Gasteiger partial charge in [0.25, 0.3) is 0 Å². The average molecular weight is 228 g/mol. The van der Waals surface area contributed by atoms with Crippen LogP contribution in [0.5, 0.6) is 0 Å². The lowest BCUT2D eigenvalue weighted by molar-refractivity contribution is -0.136. The largest absolute Gasteiger partial charge is 0.465 e. The van der Waals surface area contributed by atoms with E-state index in [1.807, 2.05) is 20.8 Å². The maximum atomic E-state index is 12.1. The van der Waals surface area contributed by atoms with E-state index in [1.165, 1.54) is 4.90 Å². The summed E-state index contributed by atoms with van der Waals surface area (Å²) in [5.74, 6) is -0.208. The fourth-order valence-electron chi connectivity index (χ4n) is 1.99. The van der Waals surface area contributed by atoms with E-state index in [1.54, 1.807) is 6.92 Å². The molecule has 0 bridgehead atoms. The fraction of sp³-hybridized carbons (Fsp3) is 0.818. The molecule has 5 heteroatoms. The summed E-state index contributed by atoms with van der Waals surface area (Å²) < 4.78 is 0.